The van der Waals surface area contributed by atoms with Gasteiger partial charge in [0.05, 0.1) is 11.0 Å². The number of pyridine rings is 1. The molecule has 5 nitrogen and oxygen atoms in total. The number of nitrogens with one attached hydrogen (secondary N) is 2. The average molecular weight is 249 g/mol. The van der Waals surface area contributed by atoms with E-state index < -0.39 is 0 Å². The lowest BCUT2D eigenvalue weighted by Gasteiger charge is -1.90. The van der Waals surface area contributed by atoms with Crippen LogP contribution in [0.5, 0.6) is 0 Å². The second kappa shape index (κ2) is 3.65. The maximum atomic E-state index is 4.52. The molecule has 5 heteroatoms. The molecule has 3 heterocycles. The van der Waals surface area contributed by atoms with E-state index in [1.165, 1.54) is 0 Å². The van der Waals surface area contributed by atoms with Crippen LogP contribution in [0.15, 0.2) is 36.4 Å². The number of nitrogens with zero attached hydrogens (tertiary/aromatic N) is 3. The molecule has 0 saturated carbocycles. The van der Waals surface area contributed by atoms with E-state index in [0.717, 1.165) is 39.3 Å². The Bertz CT molecular complexity index is 887. The first kappa shape index (κ1) is 10.3. The van der Waals surface area contributed by atoms with Crippen molar-refractivity contribution in [1.29, 1.82) is 0 Å². The molecule has 0 saturated heterocycles. The predicted molar refractivity (Wildman–Crippen MR) is 73.7 cm³/mol. The Morgan fingerprint density at radius 1 is 0.947 bits per heavy atom. The number of benzene rings is 1. The normalized spacial score (nSPS) is 11.4. The number of para-hydroxylation sites is 1. The van der Waals surface area contributed by atoms with Crippen molar-refractivity contribution in [2.24, 2.45) is 0 Å². The topological polar surface area (TPSA) is 70.2 Å². The van der Waals surface area contributed by atoms with Crippen LogP contribution in [0.3, 0.4) is 0 Å². The summed E-state index contributed by atoms with van der Waals surface area (Å²) in [5.41, 5.74) is 4.43. The highest BCUT2D eigenvalue weighted by atomic mass is 15.1. The van der Waals surface area contributed by atoms with Gasteiger partial charge in [-0.1, -0.05) is 18.2 Å². The summed E-state index contributed by atoms with van der Waals surface area (Å²) in [7, 11) is 0. The van der Waals surface area contributed by atoms with Crippen molar-refractivity contribution in [3.63, 3.8) is 0 Å². The van der Waals surface area contributed by atoms with Crippen molar-refractivity contribution in [3.05, 3.63) is 42.1 Å². The third-order valence-corrected chi connectivity index (χ3v) is 3.18. The van der Waals surface area contributed by atoms with Crippen molar-refractivity contribution >= 4 is 22.1 Å². The maximum Gasteiger partial charge on any atom is 0.178 e. The standard InChI is InChI=1S/C14H11N5/c1-8-6-7-11-13(15-8)17-14(16-11)12-9-4-2-3-5-10(9)18-19-12/h2-7H,1H3,(H,18,19)(H,15,16,17). The van der Waals surface area contributed by atoms with E-state index in [1.807, 2.05) is 43.3 Å². The second-order valence-corrected chi connectivity index (χ2v) is 4.53. The molecule has 0 bridgehead atoms. The highest BCUT2D eigenvalue weighted by molar-refractivity contribution is 5.92. The number of aromatic amines is 2. The zero-order valence-electron chi connectivity index (χ0n) is 10.3. The van der Waals surface area contributed by atoms with E-state index in [-0.39, 0.29) is 0 Å². The van der Waals surface area contributed by atoms with Crippen LogP contribution < -0.4 is 0 Å². The Morgan fingerprint density at radius 3 is 2.79 bits per heavy atom. The van der Waals surface area contributed by atoms with E-state index in [1.54, 1.807) is 0 Å². The van der Waals surface area contributed by atoms with Crippen LogP contribution in [-0.4, -0.2) is 25.1 Å². The summed E-state index contributed by atoms with van der Waals surface area (Å²) in [5.74, 6) is 0.741. The fourth-order valence-electron chi connectivity index (χ4n) is 2.24. The van der Waals surface area contributed by atoms with Gasteiger partial charge in [-0.3, -0.25) is 5.10 Å². The number of H-pyrrole nitrogens is 2. The lowest BCUT2D eigenvalue weighted by Crippen LogP contribution is -1.82. The Morgan fingerprint density at radius 2 is 1.84 bits per heavy atom. The summed E-state index contributed by atoms with van der Waals surface area (Å²) in [5, 5.41) is 8.40. The largest absolute Gasteiger partial charge is 0.335 e. The minimum Gasteiger partial charge on any atom is -0.335 e. The summed E-state index contributed by atoms with van der Waals surface area (Å²) in [6.07, 6.45) is 0. The van der Waals surface area contributed by atoms with E-state index in [9.17, 15) is 0 Å². The van der Waals surface area contributed by atoms with E-state index in [0.29, 0.717) is 0 Å². The summed E-state index contributed by atoms with van der Waals surface area (Å²) in [6, 6.07) is 12.0. The molecule has 0 aliphatic carbocycles. The molecule has 4 aromatic rings. The number of fused-ring (bicyclic) bond motifs is 2. The first-order valence-electron chi connectivity index (χ1n) is 6.08. The lowest BCUT2D eigenvalue weighted by atomic mass is 10.2. The highest BCUT2D eigenvalue weighted by Crippen LogP contribution is 2.25. The van der Waals surface area contributed by atoms with Crippen LogP contribution in [0.2, 0.25) is 0 Å². The molecule has 19 heavy (non-hydrogen) atoms. The molecule has 0 spiro atoms. The average Bonchev–Trinajstić information content (AvgIpc) is 3.00. The van der Waals surface area contributed by atoms with Crippen LogP contribution in [0.25, 0.3) is 33.6 Å². The maximum absolute atomic E-state index is 4.52. The molecule has 4 rings (SSSR count). The molecular weight excluding hydrogens is 238 g/mol. The molecule has 0 atom stereocenters. The minimum absolute atomic E-state index is 0.724. The van der Waals surface area contributed by atoms with Gasteiger partial charge in [0.15, 0.2) is 11.5 Å². The Hall–Kier alpha value is -2.69. The van der Waals surface area contributed by atoms with Crippen molar-refractivity contribution in [2.45, 2.75) is 6.92 Å². The highest BCUT2D eigenvalue weighted by Gasteiger charge is 2.12. The number of aromatic nitrogens is 5. The van der Waals surface area contributed by atoms with Crippen LogP contribution in [0.1, 0.15) is 5.69 Å². The predicted octanol–water partition coefficient (Wildman–Crippen LogP) is 2.81. The van der Waals surface area contributed by atoms with Gasteiger partial charge in [-0.05, 0) is 25.1 Å². The van der Waals surface area contributed by atoms with Gasteiger partial charge in [0.2, 0.25) is 0 Å². The Labute approximate surface area is 108 Å². The summed E-state index contributed by atoms with van der Waals surface area (Å²) in [4.78, 5) is 12.2. The molecule has 92 valence electrons. The number of aryl methyl sites for hydroxylation is 1. The van der Waals surface area contributed by atoms with Gasteiger partial charge in [-0.25, -0.2) is 9.97 Å². The molecular formula is C14H11N5. The molecule has 0 unspecified atom stereocenters. The Kier molecular flexibility index (Phi) is 1.97. The fraction of sp³-hybridized carbons (Fsp3) is 0.0714. The van der Waals surface area contributed by atoms with Crippen LogP contribution in [0, 0.1) is 6.92 Å². The third-order valence-electron chi connectivity index (χ3n) is 3.18. The number of hydrogen-bond acceptors (Lipinski definition) is 3. The molecule has 0 amide bonds. The monoisotopic (exact) mass is 249 g/mol. The van der Waals surface area contributed by atoms with Crippen molar-refractivity contribution in [1.82, 2.24) is 25.1 Å². The van der Waals surface area contributed by atoms with Gasteiger partial charge in [0.25, 0.3) is 0 Å². The number of rotatable bonds is 1. The molecule has 1 aromatic carbocycles. The third kappa shape index (κ3) is 1.52. The van der Waals surface area contributed by atoms with Crippen molar-refractivity contribution in [2.75, 3.05) is 0 Å². The SMILES string of the molecule is Cc1ccc2[nH]c(-c3n[nH]c4ccccc34)nc2n1. The first-order chi connectivity index (χ1) is 9.31. The summed E-state index contributed by atoms with van der Waals surface area (Å²) >= 11 is 0. The fourth-order valence-corrected chi connectivity index (χ4v) is 2.24. The molecule has 0 fully saturated rings. The molecule has 0 radical (unpaired) electrons. The van der Waals surface area contributed by atoms with Gasteiger partial charge in [-0.2, -0.15) is 5.10 Å². The number of hydrogen-bond donors (Lipinski definition) is 2. The molecule has 0 aliphatic heterocycles. The molecule has 3 aromatic heterocycles. The Balaban J connectivity index is 1.99. The summed E-state index contributed by atoms with van der Waals surface area (Å²) in [6.45, 7) is 1.96. The first-order valence-corrected chi connectivity index (χ1v) is 6.08. The van der Waals surface area contributed by atoms with Crippen molar-refractivity contribution < 1.29 is 0 Å². The van der Waals surface area contributed by atoms with E-state index in [4.69, 9.17) is 0 Å². The van der Waals surface area contributed by atoms with Gasteiger partial charge in [0, 0.05) is 11.1 Å². The van der Waals surface area contributed by atoms with Crippen LogP contribution in [0.4, 0.5) is 0 Å². The van der Waals surface area contributed by atoms with E-state index >= 15 is 0 Å². The van der Waals surface area contributed by atoms with Crippen LogP contribution >= 0.6 is 0 Å². The smallest absolute Gasteiger partial charge is 0.178 e. The van der Waals surface area contributed by atoms with Gasteiger partial charge in [-0.15, -0.1) is 0 Å². The number of imidazole rings is 1. The quantitative estimate of drug-likeness (QED) is 0.545. The second-order valence-electron chi connectivity index (χ2n) is 4.53. The van der Waals surface area contributed by atoms with Gasteiger partial charge in [0.1, 0.15) is 5.69 Å². The summed E-state index contributed by atoms with van der Waals surface area (Å²) < 4.78 is 0. The zero-order chi connectivity index (χ0) is 12.8. The van der Waals surface area contributed by atoms with E-state index in [2.05, 4.69) is 25.1 Å². The van der Waals surface area contributed by atoms with Gasteiger partial charge >= 0.3 is 0 Å². The van der Waals surface area contributed by atoms with Crippen molar-refractivity contribution in [3.8, 4) is 11.5 Å². The zero-order valence-corrected chi connectivity index (χ0v) is 10.3. The van der Waals surface area contributed by atoms with Crippen LogP contribution in [-0.2, 0) is 0 Å². The lowest BCUT2D eigenvalue weighted by molar-refractivity contribution is 1.10. The minimum atomic E-state index is 0.724. The van der Waals surface area contributed by atoms with Gasteiger partial charge < -0.3 is 4.98 Å². The molecule has 2 N–H and O–H groups in total. The molecule has 0 aliphatic rings.